The Labute approximate surface area is 149 Å². The molecular formula is C20H27N3O2. The van der Waals surface area contributed by atoms with Crippen molar-refractivity contribution in [2.75, 3.05) is 6.54 Å². The van der Waals surface area contributed by atoms with Crippen LogP contribution in [0.1, 0.15) is 38.5 Å². The minimum absolute atomic E-state index is 0.304. The summed E-state index contributed by atoms with van der Waals surface area (Å²) in [5, 5.41) is 15.3. The van der Waals surface area contributed by atoms with Gasteiger partial charge in [-0.1, -0.05) is 36.8 Å². The highest BCUT2D eigenvalue weighted by molar-refractivity contribution is 5.74. The number of hydrogen-bond acceptors (Lipinski definition) is 4. The van der Waals surface area contributed by atoms with Crippen LogP contribution in [0.5, 0.6) is 0 Å². The maximum atomic E-state index is 10.9. The number of hydroxylamine groups is 1. The summed E-state index contributed by atoms with van der Waals surface area (Å²) in [4.78, 5) is 10.9. The van der Waals surface area contributed by atoms with Crippen molar-refractivity contribution in [1.82, 2.24) is 16.1 Å². The van der Waals surface area contributed by atoms with Crippen molar-refractivity contribution in [1.29, 1.82) is 0 Å². The van der Waals surface area contributed by atoms with Crippen LogP contribution in [0.25, 0.3) is 0 Å². The topological polar surface area (TPSA) is 73.4 Å². The molecule has 1 heterocycles. The number of unbranched alkanes of at least 4 members (excludes halogenated alkanes) is 2. The normalized spacial score (nSPS) is 24.0. The van der Waals surface area contributed by atoms with Crippen molar-refractivity contribution >= 4 is 5.91 Å². The molecule has 134 valence electrons. The number of fused-ring (bicyclic) bond motifs is 1. The smallest absolute Gasteiger partial charge is 0.243 e. The number of allylic oxidation sites excluding steroid dienone is 6. The molecule has 1 unspecified atom stereocenters. The highest BCUT2D eigenvalue weighted by Gasteiger charge is 2.22. The lowest BCUT2D eigenvalue weighted by Crippen LogP contribution is -2.25. The minimum Gasteiger partial charge on any atom is -0.388 e. The number of hydrogen-bond donors (Lipinski definition) is 4. The first-order chi connectivity index (χ1) is 12.3. The van der Waals surface area contributed by atoms with Crippen LogP contribution in [0.4, 0.5) is 0 Å². The van der Waals surface area contributed by atoms with Crippen molar-refractivity contribution in [3.63, 3.8) is 0 Å². The largest absolute Gasteiger partial charge is 0.388 e. The lowest BCUT2D eigenvalue weighted by Gasteiger charge is -2.22. The van der Waals surface area contributed by atoms with Crippen LogP contribution in [-0.2, 0) is 4.79 Å². The Bertz CT molecular complexity index is 643. The minimum atomic E-state index is -0.304. The zero-order valence-electron chi connectivity index (χ0n) is 14.5. The van der Waals surface area contributed by atoms with Gasteiger partial charge in [-0.3, -0.25) is 10.0 Å². The fourth-order valence-corrected chi connectivity index (χ4v) is 3.45. The molecule has 0 bridgehead atoms. The van der Waals surface area contributed by atoms with Gasteiger partial charge in [0.2, 0.25) is 5.91 Å². The van der Waals surface area contributed by atoms with Crippen molar-refractivity contribution in [3.8, 4) is 0 Å². The number of amides is 1. The first-order valence-corrected chi connectivity index (χ1v) is 9.16. The fraction of sp³-hybridized carbons (Fsp3) is 0.450. The maximum Gasteiger partial charge on any atom is 0.243 e. The molecule has 1 aliphatic heterocycles. The summed E-state index contributed by atoms with van der Waals surface area (Å²) in [6.45, 7) is 0.928. The Hall–Kier alpha value is -2.27. The molecule has 0 fully saturated rings. The van der Waals surface area contributed by atoms with Gasteiger partial charge in [0.25, 0.3) is 0 Å². The second-order valence-corrected chi connectivity index (χ2v) is 6.77. The Morgan fingerprint density at radius 1 is 1.20 bits per heavy atom. The molecule has 3 aliphatic rings. The third-order valence-corrected chi connectivity index (χ3v) is 4.96. The van der Waals surface area contributed by atoms with Gasteiger partial charge in [-0.05, 0) is 49.1 Å². The molecule has 1 amide bonds. The summed E-state index contributed by atoms with van der Waals surface area (Å²) in [6.07, 6.45) is 20.9. The average Bonchev–Trinajstić information content (AvgIpc) is 3.12. The van der Waals surface area contributed by atoms with Crippen LogP contribution in [0.2, 0.25) is 0 Å². The summed E-state index contributed by atoms with van der Waals surface area (Å²) < 4.78 is 0. The summed E-state index contributed by atoms with van der Waals surface area (Å²) in [6, 6.07) is 0.414. The fourth-order valence-electron chi connectivity index (χ4n) is 3.45. The molecule has 2 aliphatic carbocycles. The van der Waals surface area contributed by atoms with Crippen LogP contribution < -0.4 is 16.1 Å². The zero-order valence-corrected chi connectivity index (χ0v) is 14.5. The molecule has 0 radical (unpaired) electrons. The van der Waals surface area contributed by atoms with Crippen LogP contribution in [0.3, 0.4) is 0 Å². The van der Waals surface area contributed by atoms with Crippen molar-refractivity contribution in [2.24, 2.45) is 5.92 Å². The summed E-state index contributed by atoms with van der Waals surface area (Å²) in [5.74, 6) is 0.200. The highest BCUT2D eigenvalue weighted by Crippen LogP contribution is 2.30. The number of nitrogens with one attached hydrogen (secondary N) is 3. The predicted molar refractivity (Wildman–Crippen MR) is 98.6 cm³/mol. The van der Waals surface area contributed by atoms with Crippen LogP contribution in [0.15, 0.2) is 59.5 Å². The molecule has 0 saturated carbocycles. The first kappa shape index (κ1) is 17.5. The van der Waals surface area contributed by atoms with E-state index in [4.69, 9.17) is 5.21 Å². The molecule has 5 nitrogen and oxygen atoms in total. The van der Waals surface area contributed by atoms with Gasteiger partial charge in [-0.25, -0.2) is 5.48 Å². The molecule has 4 N–H and O–H groups in total. The quantitative estimate of drug-likeness (QED) is 0.311. The molecule has 0 aromatic rings. The van der Waals surface area contributed by atoms with Gasteiger partial charge in [-0.2, -0.15) is 0 Å². The van der Waals surface area contributed by atoms with Gasteiger partial charge in [-0.15, -0.1) is 0 Å². The van der Waals surface area contributed by atoms with Crippen LogP contribution in [0, 0.1) is 5.92 Å². The lowest BCUT2D eigenvalue weighted by atomic mass is 9.87. The van der Waals surface area contributed by atoms with E-state index in [2.05, 4.69) is 47.1 Å². The van der Waals surface area contributed by atoms with E-state index in [1.165, 1.54) is 16.8 Å². The first-order valence-electron chi connectivity index (χ1n) is 9.16. The molecular weight excluding hydrogens is 314 g/mol. The molecule has 0 spiro atoms. The molecule has 2 atom stereocenters. The standard InChI is InChI=1S/C20H27N3O2/c24-20(23-25)4-2-1-3-12-21-18-9-7-15(8-10-18)17-6-5-16-11-13-22-19(16)14-17/h5-7,9,11,13-14,16,19,21-22,25H,1-4,8,10,12H2,(H,23,24)/t16-,19?/m1/s1. The molecule has 0 saturated heterocycles. The number of carbonyl (C=O) groups is 1. The average molecular weight is 341 g/mol. The number of rotatable bonds is 8. The van der Waals surface area contributed by atoms with Crippen molar-refractivity contribution in [2.45, 2.75) is 44.6 Å². The zero-order chi connectivity index (χ0) is 17.5. The molecule has 25 heavy (non-hydrogen) atoms. The highest BCUT2D eigenvalue weighted by atomic mass is 16.5. The molecule has 3 rings (SSSR count). The van der Waals surface area contributed by atoms with E-state index < -0.39 is 0 Å². The van der Waals surface area contributed by atoms with Gasteiger partial charge in [0.1, 0.15) is 0 Å². The Morgan fingerprint density at radius 2 is 2.12 bits per heavy atom. The van der Waals surface area contributed by atoms with E-state index in [-0.39, 0.29) is 5.91 Å². The summed E-state index contributed by atoms with van der Waals surface area (Å²) in [7, 11) is 0. The van der Waals surface area contributed by atoms with Gasteiger partial charge >= 0.3 is 0 Å². The third kappa shape index (κ3) is 4.86. The van der Waals surface area contributed by atoms with Gasteiger partial charge in [0.05, 0.1) is 6.04 Å². The third-order valence-electron chi connectivity index (χ3n) is 4.96. The van der Waals surface area contributed by atoms with Gasteiger partial charge in [0.15, 0.2) is 0 Å². The van der Waals surface area contributed by atoms with Crippen LogP contribution >= 0.6 is 0 Å². The van der Waals surface area contributed by atoms with E-state index in [0.717, 1.165) is 38.6 Å². The van der Waals surface area contributed by atoms with Crippen molar-refractivity contribution < 1.29 is 10.0 Å². The molecule has 0 aromatic heterocycles. The predicted octanol–water partition coefficient (Wildman–Crippen LogP) is 2.84. The summed E-state index contributed by atoms with van der Waals surface area (Å²) in [5.41, 5.74) is 5.70. The van der Waals surface area contributed by atoms with E-state index >= 15 is 0 Å². The Morgan fingerprint density at radius 3 is 2.92 bits per heavy atom. The monoisotopic (exact) mass is 341 g/mol. The summed E-state index contributed by atoms with van der Waals surface area (Å²) >= 11 is 0. The second-order valence-electron chi connectivity index (χ2n) is 6.77. The number of carbonyl (C=O) groups excluding carboxylic acids is 1. The van der Waals surface area contributed by atoms with E-state index in [1.54, 1.807) is 5.48 Å². The maximum absolute atomic E-state index is 10.9. The Kier molecular flexibility index (Phi) is 6.12. The second kappa shape index (κ2) is 8.72. The Balaban J connectivity index is 1.40. The molecule has 0 aromatic carbocycles. The van der Waals surface area contributed by atoms with E-state index in [0.29, 0.717) is 18.4 Å². The molecule has 5 heteroatoms. The van der Waals surface area contributed by atoms with Gasteiger partial charge < -0.3 is 10.6 Å². The van der Waals surface area contributed by atoms with Crippen molar-refractivity contribution in [3.05, 3.63) is 59.5 Å². The van der Waals surface area contributed by atoms with Crippen LogP contribution in [-0.4, -0.2) is 23.7 Å². The van der Waals surface area contributed by atoms with E-state index in [1.807, 2.05) is 6.20 Å². The van der Waals surface area contributed by atoms with E-state index in [9.17, 15) is 4.79 Å². The SMILES string of the molecule is O=C(CCCCCNC1=CC=C(C2=CC3NC=C[C@H]3C=C2)CC1)NO. The van der Waals surface area contributed by atoms with Gasteiger partial charge in [0, 0.05) is 24.6 Å². The lowest BCUT2D eigenvalue weighted by molar-refractivity contribution is -0.129.